The Labute approximate surface area is 218 Å². The van der Waals surface area contributed by atoms with Crippen molar-refractivity contribution in [3.05, 3.63) is 71.7 Å². The summed E-state index contributed by atoms with van der Waals surface area (Å²) >= 11 is 0. The Morgan fingerprint density at radius 1 is 1.00 bits per heavy atom. The largest absolute Gasteiger partial charge is 0.416 e. The summed E-state index contributed by atoms with van der Waals surface area (Å²) in [6.07, 6.45) is -3.41. The van der Waals surface area contributed by atoms with Gasteiger partial charge in [0, 0.05) is 25.2 Å². The number of nitrogen functional groups attached to an aromatic ring is 1. The van der Waals surface area contributed by atoms with Gasteiger partial charge in [-0.05, 0) is 42.0 Å². The first-order valence-electron chi connectivity index (χ1n) is 11.8. The number of halogens is 5. The fraction of sp³-hybridized carbons (Fsp3) is 0.240. The molecule has 1 saturated heterocycles. The predicted molar refractivity (Wildman–Crippen MR) is 133 cm³/mol. The van der Waals surface area contributed by atoms with Crippen LogP contribution < -0.4 is 16.4 Å². The van der Waals surface area contributed by atoms with Crippen LogP contribution in [0.5, 0.6) is 0 Å². The highest BCUT2D eigenvalue weighted by molar-refractivity contribution is 6.00. The third-order valence-corrected chi connectivity index (χ3v) is 6.22. The summed E-state index contributed by atoms with van der Waals surface area (Å²) in [5.74, 6) is -1.72. The number of fused-ring (bicyclic) bond motifs is 1. The molecule has 0 radical (unpaired) electrons. The number of hydrogen-bond acceptors (Lipinski definition) is 6. The third kappa shape index (κ3) is 5.61. The Bertz CT molecular complexity index is 1530. The molecule has 5 rings (SSSR count). The number of alkyl halides is 3. The highest BCUT2D eigenvalue weighted by Crippen LogP contribution is 2.34. The van der Waals surface area contributed by atoms with Gasteiger partial charge >= 0.3 is 12.2 Å². The maximum absolute atomic E-state index is 15.1. The molecule has 14 heteroatoms. The number of benzene rings is 2. The van der Waals surface area contributed by atoms with E-state index in [1.54, 1.807) is 4.52 Å². The summed E-state index contributed by atoms with van der Waals surface area (Å²) in [6, 6.07) is 6.27. The average Bonchev–Trinajstić information content (AvgIpc) is 3.26. The predicted octanol–water partition coefficient (Wildman–Crippen LogP) is 4.75. The Kier molecular flexibility index (Phi) is 7.06. The quantitative estimate of drug-likeness (QED) is 0.311. The van der Waals surface area contributed by atoms with Crippen molar-refractivity contribution in [2.75, 3.05) is 42.7 Å². The molecule has 4 N–H and O–H groups in total. The lowest BCUT2D eigenvalue weighted by molar-refractivity contribution is -0.137. The van der Waals surface area contributed by atoms with Crippen molar-refractivity contribution >= 4 is 28.7 Å². The molecule has 2 amide bonds. The Morgan fingerprint density at radius 3 is 2.46 bits per heavy atom. The maximum Gasteiger partial charge on any atom is 0.416 e. The van der Waals surface area contributed by atoms with Crippen LogP contribution in [0.25, 0.3) is 16.6 Å². The van der Waals surface area contributed by atoms with E-state index in [1.165, 1.54) is 24.5 Å². The van der Waals surface area contributed by atoms with E-state index in [0.29, 0.717) is 54.6 Å². The maximum atomic E-state index is 15.1. The number of hydrogen-bond donors (Lipinski definition) is 3. The summed E-state index contributed by atoms with van der Waals surface area (Å²) in [5.41, 5.74) is 6.29. The number of nitrogens with two attached hydrogens (primary N) is 1. The fourth-order valence-corrected chi connectivity index (χ4v) is 4.31. The van der Waals surface area contributed by atoms with Crippen LogP contribution in [0.4, 0.5) is 43.9 Å². The average molecular weight is 547 g/mol. The summed E-state index contributed by atoms with van der Waals surface area (Å²) < 4.78 is 74.9. The zero-order valence-corrected chi connectivity index (χ0v) is 20.2. The number of carbonyl (C=O) groups excluding carboxylic acids is 1. The highest BCUT2D eigenvalue weighted by Gasteiger charge is 2.31. The van der Waals surface area contributed by atoms with Crippen LogP contribution in [0.15, 0.2) is 48.8 Å². The van der Waals surface area contributed by atoms with Gasteiger partial charge in [-0.1, -0.05) is 6.07 Å². The normalized spacial score (nSPS) is 14.5. The smallest absolute Gasteiger partial charge is 0.382 e. The third-order valence-electron chi connectivity index (χ3n) is 6.22. The van der Waals surface area contributed by atoms with Crippen molar-refractivity contribution in [1.82, 2.24) is 19.5 Å². The second-order valence-corrected chi connectivity index (χ2v) is 8.81. The minimum atomic E-state index is -4.73. The second kappa shape index (κ2) is 10.5. The molecule has 0 spiro atoms. The molecule has 0 atom stereocenters. The van der Waals surface area contributed by atoms with Gasteiger partial charge in [-0.15, -0.1) is 0 Å². The van der Waals surface area contributed by atoms with E-state index >= 15 is 4.39 Å². The molecule has 4 aromatic rings. The lowest BCUT2D eigenvalue weighted by Gasteiger charge is -2.26. The van der Waals surface area contributed by atoms with Gasteiger partial charge in [-0.2, -0.15) is 18.3 Å². The molecule has 2 aromatic heterocycles. The van der Waals surface area contributed by atoms with E-state index < -0.39 is 35.1 Å². The summed E-state index contributed by atoms with van der Waals surface area (Å²) in [5, 5.41) is 8.47. The van der Waals surface area contributed by atoms with Crippen LogP contribution in [0.2, 0.25) is 0 Å². The van der Waals surface area contributed by atoms with Crippen molar-refractivity contribution < 1.29 is 31.5 Å². The molecule has 0 saturated carbocycles. The number of urea groups is 1. The van der Waals surface area contributed by atoms with Gasteiger partial charge in [0.25, 0.3) is 0 Å². The van der Waals surface area contributed by atoms with Crippen LogP contribution in [0, 0.1) is 11.6 Å². The van der Waals surface area contributed by atoms with Crippen molar-refractivity contribution in [1.29, 1.82) is 0 Å². The zero-order valence-electron chi connectivity index (χ0n) is 20.2. The molecule has 0 aliphatic carbocycles. The first-order valence-corrected chi connectivity index (χ1v) is 11.8. The Hall–Kier alpha value is -4.30. The molecule has 0 bridgehead atoms. The molecule has 3 heterocycles. The topological polar surface area (TPSA) is 110 Å². The molecule has 1 aliphatic heterocycles. The first-order chi connectivity index (χ1) is 18.6. The van der Waals surface area contributed by atoms with E-state index in [9.17, 15) is 22.4 Å². The fourth-order valence-electron chi connectivity index (χ4n) is 4.31. The lowest BCUT2D eigenvalue weighted by Crippen LogP contribution is -2.36. The van der Waals surface area contributed by atoms with Crippen molar-refractivity contribution in [2.45, 2.75) is 12.7 Å². The molecular weight excluding hydrogens is 525 g/mol. The van der Waals surface area contributed by atoms with Crippen LogP contribution in [0.3, 0.4) is 0 Å². The van der Waals surface area contributed by atoms with Crippen LogP contribution in [0.1, 0.15) is 11.3 Å². The molecular formula is C25H22F5N7O2. The SMILES string of the molecule is Nc1ncnn2c(CN3CCOCC3)cc(-c3ccc(NC(=O)Nc4cc(C(F)(F)F)ccc4F)c(F)c3)c12. The Balaban J connectivity index is 1.38. The van der Waals surface area contributed by atoms with E-state index in [2.05, 4.69) is 20.3 Å². The van der Waals surface area contributed by atoms with Crippen molar-refractivity contribution in [3.8, 4) is 11.1 Å². The molecule has 39 heavy (non-hydrogen) atoms. The zero-order chi connectivity index (χ0) is 27.7. The first kappa shape index (κ1) is 26.3. The number of anilines is 3. The standard InChI is InChI=1S/C25H22F5N7O2/c26-18-3-2-15(25(28,29)30)10-21(18)35-24(38)34-20-4-1-14(9-19(20)27)17-11-16(12-36-5-7-39-8-6-36)37-22(17)23(31)32-13-33-37/h1-4,9-11,13H,5-8,12H2,(H2,31,32,33)(H2,34,35,38). The molecule has 9 nitrogen and oxygen atoms in total. The van der Waals surface area contributed by atoms with Crippen molar-refractivity contribution in [2.24, 2.45) is 0 Å². The van der Waals surface area contributed by atoms with Crippen LogP contribution in [-0.2, 0) is 17.5 Å². The minimum absolute atomic E-state index is 0.193. The molecule has 1 fully saturated rings. The summed E-state index contributed by atoms with van der Waals surface area (Å²) in [6.45, 7) is 3.26. The second-order valence-electron chi connectivity index (χ2n) is 8.81. The van der Waals surface area contributed by atoms with E-state index in [1.807, 2.05) is 11.4 Å². The number of nitrogens with one attached hydrogen (secondary N) is 2. The van der Waals surface area contributed by atoms with Gasteiger partial charge in [0.2, 0.25) is 0 Å². The lowest BCUT2D eigenvalue weighted by atomic mass is 10.1. The Morgan fingerprint density at radius 2 is 1.74 bits per heavy atom. The number of carbonyl (C=O) groups is 1. The van der Waals surface area contributed by atoms with E-state index in [-0.39, 0.29) is 11.5 Å². The van der Waals surface area contributed by atoms with Crippen LogP contribution >= 0.6 is 0 Å². The van der Waals surface area contributed by atoms with Gasteiger partial charge in [-0.25, -0.2) is 23.1 Å². The molecule has 204 valence electrons. The van der Waals surface area contributed by atoms with Gasteiger partial charge in [0.15, 0.2) is 5.82 Å². The number of morpholine rings is 1. The minimum Gasteiger partial charge on any atom is -0.382 e. The van der Waals surface area contributed by atoms with Crippen LogP contribution in [-0.4, -0.2) is 51.8 Å². The number of rotatable bonds is 5. The van der Waals surface area contributed by atoms with E-state index in [0.717, 1.165) is 18.8 Å². The van der Waals surface area contributed by atoms with Gasteiger partial charge in [0.05, 0.1) is 35.8 Å². The number of ether oxygens (including phenoxy) is 1. The molecule has 2 aromatic carbocycles. The van der Waals surface area contributed by atoms with Gasteiger partial charge in [0.1, 0.15) is 23.5 Å². The summed E-state index contributed by atoms with van der Waals surface area (Å²) in [7, 11) is 0. The highest BCUT2D eigenvalue weighted by atomic mass is 19.4. The number of aromatic nitrogens is 3. The van der Waals surface area contributed by atoms with E-state index in [4.69, 9.17) is 10.5 Å². The monoisotopic (exact) mass is 547 g/mol. The summed E-state index contributed by atoms with van der Waals surface area (Å²) in [4.78, 5) is 18.6. The van der Waals surface area contributed by atoms with Gasteiger partial charge in [-0.3, -0.25) is 4.90 Å². The molecule has 1 aliphatic rings. The molecule has 0 unspecified atom stereocenters. The van der Waals surface area contributed by atoms with Gasteiger partial charge < -0.3 is 21.1 Å². The number of nitrogens with zero attached hydrogens (tertiary/aromatic N) is 4. The number of amides is 2. The van der Waals surface area contributed by atoms with Crippen molar-refractivity contribution in [3.63, 3.8) is 0 Å².